The summed E-state index contributed by atoms with van der Waals surface area (Å²) in [6, 6.07) is 0. The van der Waals surface area contributed by atoms with E-state index < -0.39 is 15.6 Å². The molecule has 96 valence electrons. The van der Waals surface area contributed by atoms with Crippen molar-refractivity contribution in [3.8, 4) is 0 Å². The molecule has 0 saturated carbocycles. The van der Waals surface area contributed by atoms with Crippen molar-refractivity contribution in [3.63, 3.8) is 0 Å². The van der Waals surface area contributed by atoms with Gasteiger partial charge in [-0.25, -0.2) is 13.1 Å². The zero-order valence-electron chi connectivity index (χ0n) is 10.3. The van der Waals surface area contributed by atoms with Crippen LogP contribution in [-0.2, 0) is 14.8 Å². The van der Waals surface area contributed by atoms with Crippen LogP contribution in [0, 0.1) is 0 Å². The Bertz CT molecular complexity index is 325. The van der Waals surface area contributed by atoms with E-state index in [0.717, 1.165) is 6.26 Å². The van der Waals surface area contributed by atoms with E-state index in [-0.39, 0.29) is 12.5 Å². The Kier molecular flexibility index (Phi) is 5.91. The monoisotopic (exact) mass is 251 g/mol. The number of rotatable bonds is 7. The fourth-order valence-corrected chi connectivity index (χ4v) is 2.26. The molecule has 0 radical (unpaired) electrons. The number of sulfonamides is 1. The molecule has 0 fully saturated rings. The molecule has 0 unspecified atom stereocenters. The smallest absolute Gasteiger partial charge is 0.221 e. The summed E-state index contributed by atoms with van der Waals surface area (Å²) in [6.45, 7) is 4.30. The van der Waals surface area contributed by atoms with Crippen LogP contribution >= 0.6 is 0 Å². The van der Waals surface area contributed by atoms with Gasteiger partial charge in [-0.3, -0.25) is 4.79 Å². The highest BCUT2D eigenvalue weighted by Gasteiger charge is 2.22. The summed E-state index contributed by atoms with van der Waals surface area (Å²) in [5.41, 5.74) is -0.678. The zero-order chi connectivity index (χ0) is 12.8. The van der Waals surface area contributed by atoms with Crippen molar-refractivity contribution < 1.29 is 13.2 Å². The second-order valence-electron chi connectivity index (χ2n) is 4.39. The van der Waals surface area contributed by atoms with E-state index in [1.807, 2.05) is 0 Å². The molecule has 0 heterocycles. The van der Waals surface area contributed by atoms with Gasteiger partial charge in [0.25, 0.3) is 0 Å². The maximum Gasteiger partial charge on any atom is 0.221 e. The number of hydrogen-bond acceptors (Lipinski definition) is 4. The maximum atomic E-state index is 11.3. The van der Waals surface area contributed by atoms with Crippen molar-refractivity contribution in [2.24, 2.45) is 0 Å². The Labute approximate surface area is 97.2 Å². The normalized spacial score (nSPS) is 12.5. The van der Waals surface area contributed by atoms with E-state index in [1.165, 1.54) is 0 Å². The lowest BCUT2D eigenvalue weighted by molar-refractivity contribution is -0.121. The molecular formula is C9H21N3O3S. The van der Waals surface area contributed by atoms with Crippen molar-refractivity contribution in [1.29, 1.82) is 0 Å². The third kappa shape index (κ3) is 8.63. The van der Waals surface area contributed by atoms with Gasteiger partial charge >= 0.3 is 0 Å². The van der Waals surface area contributed by atoms with E-state index in [9.17, 15) is 13.2 Å². The van der Waals surface area contributed by atoms with Crippen LogP contribution in [0.15, 0.2) is 0 Å². The number of carbonyl (C=O) groups is 1. The molecular weight excluding hydrogens is 230 g/mol. The van der Waals surface area contributed by atoms with Gasteiger partial charge in [-0.1, -0.05) is 0 Å². The van der Waals surface area contributed by atoms with Crippen LogP contribution < -0.4 is 15.4 Å². The van der Waals surface area contributed by atoms with Crippen LogP contribution in [0.5, 0.6) is 0 Å². The first kappa shape index (κ1) is 15.3. The molecule has 16 heavy (non-hydrogen) atoms. The van der Waals surface area contributed by atoms with Gasteiger partial charge < -0.3 is 10.6 Å². The van der Waals surface area contributed by atoms with E-state index in [4.69, 9.17) is 0 Å². The molecule has 6 nitrogen and oxygen atoms in total. The average molecular weight is 251 g/mol. The maximum absolute atomic E-state index is 11.3. The summed E-state index contributed by atoms with van der Waals surface area (Å²) in [6.07, 6.45) is 1.48. The van der Waals surface area contributed by atoms with Crippen LogP contribution in [-0.4, -0.2) is 46.3 Å². The van der Waals surface area contributed by atoms with Crippen LogP contribution in [0.25, 0.3) is 0 Å². The second kappa shape index (κ2) is 6.17. The Morgan fingerprint density at radius 3 is 2.31 bits per heavy atom. The van der Waals surface area contributed by atoms with Gasteiger partial charge in [0.2, 0.25) is 15.9 Å². The summed E-state index contributed by atoms with van der Waals surface area (Å²) in [4.78, 5) is 11.3. The molecule has 0 atom stereocenters. The highest BCUT2D eigenvalue weighted by molar-refractivity contribution is 7.88. The molecule has 0 bridgehead atoms. The molecule has 0 aromatic rings. The Balaban J connectivity index is 4.04. The standard InChI is InChI=1S/C9H21N3O3S/c1-9(2,12-16(4,14)15)7-11-8(13)5-6-10-3/h10,12H,5-7H2,1-4H3,(H,11,13). The molecule has 0 rings (SSSR count). The number of amides is 1. The van der Waals surface area contributed by atoms with E-state index in [0.29, 0.717) is 13.0 Å². The van der Waals surface area contributed by atoms with Gasteiger partial charge in [0.05, 0.1) is 6.26 Å². The highest BCUT2D eigenvalue weighted by Crippen LogP contribution is 2.01. The number of carbonyl (C=O) groups excluding carboxylic acids is 1. The first-order chi connectivity index (χ1) is 7.16. The van der Waals surface area contributed by atoms with E-state index in [2.05, 4.69) is 15.4 Å². The summed E-state index contributed by atoms with van der Waals surface area (Å²) < 4.78 is 24.5. The average Bonchev–Trinajstić information content (AvgIpc) is 2.07. The van der Waals surface area contributed by atoms with Crippen molar-refractivity contribution >= 4 is 15.9 Å². The van der Waals surface area contributed by atoms with Crippen molar-refractivity contribution in [2.75, 3.05) is 26.4 Å². The van der Waals surface area contributed by atoms with Crippen LogP contribution in [0.1, 0.15) is 20.3 Å². The zero-order valence-corrected chi connectivity index (χ0v) is 11.1. The summed E-state index contributed by atoms with van der Waals surface area (Å²) in [7, 11) is -1.49. The van der Waals surface area contributed by atoms with E-state index >= 15 is 0 Å². The van der Waals surface area contributed by atoms with Crippen LogP contribution in [0.3, 0.4) is 0 Å². The van der Waals surface area contributed by atoms with Crippen molar-refractivity contribution in [1.82, 2.24) is 15.4 Å². The van der Waals surface area contributed by atoms with Gasteiger partial charge in [0, 0.05) is 25.0 Å². The Hall–Kier alpha value is -0.660. The third-order valence-electron chi connectivity index (χ3n) is 1.79. The Morgan fingerprint density at radius 1 is 1.31 bits per heavy atom. The van der Waals surface area contributed by atoms with Gasteiger partial charge in [0.1, 0.15) is 0 Å². The molecule has 0 aliphatic rings. The minimum absolute atomic E-state index is 0.0993. The fourth-order valence-electron chi connectivity index (χ4n) is 1.18. The lowest BCUT2D eigenvalue weighted by Crippen LogP contribution is -2.51. The Morgan fingerprint density at radius 2 is 1.88 bits per heavy atom. The van der Waals surface area contributed by atoms with Crippen LogP contribution in [0.4, 0.5) is 0 Å². The molecule has 7 heteroatoms. The molecule has 0 spiro atoms. The molecule has 0 saturated heterocycles. The minimum atomic E-state index is -3.26. The summed E-state index contributed by atoms with van der Waals surface area (Å²) in [5.74, 6) is -0.0993. The number of nitrogens with one attached hydrogen (secondary N) is 3. The summed E-state index contributed by atoms with van der Waals surface area (Å²) in [5, 5.41) is 5.54. The first-order valence-corrected chi connectivity index (χ1v) is 6.96. The largest absolute Gasteiger partial charge is 0.354 e. The molecule has 0 aromatic heterocycles. The molecule has 0 aliphatic carbocycles. The second-order valence-corrected chi connectivity index (χ2v) is 6.14. The lowest BCUT2D eigenvalue weighted by atomic mass is 10.1. The van der Waals surface area contributed by atoms with E-state index in [1.54, 1.807) is 20.9 Å². The van der Waals surface area contributed by atoms with Gasteiger partial charge in [-0.05, 0) is 20.9 Å². The molecule has 3 N–H and O–H groups in total. The van der Waals surface area contributed by atoms with Crippen molar-refractivity contribution in [3.05, 3.63) is 0 Å². The van der Waals surface area contributed by atoms with Gasteiger partial charge in [-0.2, -0.15) is 0 Å². The minimum Gasteiger partial charge on any atom is -0.354 e. The highest BCUT2D eigenvalue weighted by atomic mass is 32.2. The van der Waals surface area contributed by atoms with Crippen LogP contribution in [0.2, 0.25) is 0 Å². The lowest BCUT2D eigenvalue weighted by Gasteiger charge is -2.25. The van der Waals surface area contributed by atoms with Gasteiger partial charge in [0.15, 0.2) is 0 Å². The molecule has 1 amide bonds. The molecule has 0 aliphatic heterocycles. The molecule has 0 aromatic carbocycles. The first-order valence-electron chi connectivity index (χ1n) is 5.06. The third-order valence-corrected chi connectivity index (χ3v) is 2.71. The predicted octanol–water partition coefficient (Wildman–Crippen LogP) is -0.960. The van der Waals surface area contributed by atoms with Gasteiger partial charge in [-0.15, -0.1) is 0 Å². The van der Waals surface area contributed by atoms with Crippen molar-refractivity contribution in [2.45, 2.75) is 25.8 Å². The SMILES string of the molecule is CNCCC(=O)NCC(C)(C)NS(C)(=O)=O. The fraction of sp³-hybridized carbons (Fsp3) is 0.889. The topological polar surface area (TPSA) is 87.3 Å². The number of hydrogen-bond donors (Lipinski definition) is 3. The quantitative estimate of drug-likeness (QED) is 0.544. The predicted molar refractivity (Wildman–Crippen MR) is 63.6 cm³/mol. The summed E-state index contributed by atoms with van der Waals surface area (Å²) >= 11 is 0.